The van der Waals surface area contributed by atoms with Gasteiger partial charge in [0.25, 0.3) is 0 Å². The number of aliphatic imine (C=N–C) groups is 2. The predicted molar refractivity (Wildman–Crippen MR) is 156 cm³/mol. The van der Waals surface area contributed by atoms with Crippen molar-refractivity contribution in [1.82, 2.24) is 16.0 Å². The molecule has 206 valence electrons. The molecule has 1 saturated carbocycles. The molecule has 1 aliphatic carbocycles. The molecule has 5 atom stereocenters. The van der Waals surface area contributed by atoms with Crippen molar-refractivity contribution in [3.05, 3.63) is 48.2 Å². The molecule has 5 rings (SSSR count). The molecular weight excluding hydrogens is 474 g/mol. The Kier molecular flexibility index (Phi) is 9.66. The Hall–Kier alpha value is -2.48. The molecule has 3 heterocycles. The van der Waals surface area contributed by atoms with Gasteiger partial charge in [0, 0.05) is 55.4 Å². The third kappa shape index (κ3) is 7.33. The molecule has 38 heavy (non-hydrogen) atoms. The van der Waals surface area contributed by atoms with E-state index in [1.165, 1.54) is 37.8 Å². The van der Waals surface area contributed by atoms with Crippen LogP contribution in [0.3, 0.4) is 0 Å². The fourth-order valence-corrected chi connectivity index (χ4v) is 6.33. The number of nitrogens with zero attached hydrogens (tertiary/aromatic N) is 2. The van der Waals surface area contributed by atoms with Crippen molar-refractivity contribution < 1.29 is 9.47 Å². The highest BCUT2D eigenvalue weighted by Crippen LogP contribution is 2.26. The average molecular weight is 520 g/mol. The van der Waals surface area contributed by atoms with Gasteiger partial charge in [-0.15, -0.1) is 0 Å². The van der Waals surface area contributed by atoms with Crippen LogP contribution in [-0.2, 0) is 4.74 Å². The molecule has 2 saturated heterocycles. The van der Waals surface area contributed by atoms with E-state index in [-0.39, 0.29) is 6.04 Å². The number of dihydropyridines is 1. The zero-order valence-electron chi connectivity index (χ0n) is 23.0. The first-order valence-corrected chi connectivity index (χ1v) is 14.6. The van der Waals surface area contributed by atoms with Crippen molar-refractivity contribution in [2.24, 2.45) is 9.98 Å². The number of piperidine rings is 2. The van der Waals surface area contributed by atoms with Crippen LogP contribution in [0.1, 0.15) is 64.2 Å². The summed E-state index contributed by atoms with van der Waals surface area (Å²) >= 11 is 0. The van der Waals surface area contributed by atoms with Crippen molar-refractivity contribution >= 4 is 18.1 Å². The molecule has 4 aliphatic rings. The molecule has 0 bridgehead atoms. The second kappa shape index (κ2) is 13.5. The lowest BCUT2D eigenvalue weighted by Gasteiger charge is -2.41. The van der Waals surface area contributed by atoms with Crippen LogP contribution in [0.25, 0.3) is 0 Å². The SMILES string of the molecule is COc1ccc(N=CC2C=CC=C(C3CCCC(C4CCCC(C=NC5CCC(OC)CC5)N4)N3)N2)cc1. The molecule has 0 radical (unpaired) electrons. The van der Waals surface area contributed by atoms with Crippen molar-refractivity contribution in [2.45, 2.75) is 107 Å². The average Bonchev–Trinajstić information content (AvgIpc) is 3.00. The molecule has 3 aliphatic heterocycles. The molecule has 0 amide bonds. The fourth-order valence-electron chi connectivity index (χ4n) is 6.33. The van der Waals surface area contributed by atoms with Gasteiger partial charge in [-0.05, 0) is 94.5 Å². The number of benzene rings is 1. The maximum atomic E-state index is 5.52. The summed E-state index contributed by atoms with van der Waals surface area (Å²) < 4.78 is 10.8. The Balaban J connectivity index is 1.12. The Morgan fingerprint density at radius 2 is 1.61 bits per heavy atom. The topological polar surface area (TPSA) is 79.3 Å². The standard InChI is InChI=1S/C31H45N5O2/c1-37-26-16-12-22(13-17-26)32-20-24-6-3-8-28(34-24)30-10-5-11-31(36-30)29-9-4-7-25(35-29)21-33-23-14-18-27(38-2)19-15-23/h3,6,8,12-13,16-17,20-21,23-25,27,29-31,34-36H,4-5,7,9-11,14-15,18-19H2,1-2H3. The summed E-state index contributed by atoms with van der Waals surface area (Å²) in [6, 6.07) is 10.1. The van der Waals surface area contributed by atoms with Crippen LogP contribution in [0.4, 0.5) is 5.69 Å². The van der Waals surface area contributed by atoms with E-state index in [9.17, 15) is 0 Å². The largest absolute Gasteiger partial charge is 0.497 e. The normalized spacial score (nSPS) is 34.3. The minimum Gasteiger partial charge on any atom is -0.497 e. The highest BCUT2D eigenvalue weighted by atomic mass is 16.5. The van der Waals surface area contributed by atoms with E-state index in [0.29, 0.717) is 36.3 Å². The van der Waals surface area contributed by atoms with Crippen molar-refractivity contribution in [1.29, 1.82) is 0 Å². The highest BCUT2D eigenvalue weighted by Gasteiger charge is 2.32. The summed E-state index contributed by atoms with van der Waals surface area (Å²) in [6.07, 6.45) is 23.1. The zero-order chi connectivity index (χ0) is 26.2. The lowest BCUT2D eigenvalue weighted by Crippen LogP contribution is -2.58. The van der Waals surface area contributed by atoms with Crippen LogP contribution in [0.2, 0.25) is 0 Å². The van der Waals surface area contributed by atoms with Crippen LogP contribution in [-0.4, -0.2) is 69.0 Å². The van der Waals surface area contributed by atoms with Crippen LogP contribution in [0.5, 0.6) is 5.75 Å². The lowest BCUT2D eigenvalue weighted by atomic mass is 9.86. The molecule has 0 aromatic heterocycles. The Morgan fingerprint density at radius 3 is 2.37 bits per heavy atom. The van der Waals surface area contributed by atoms with Crippen LogP contribution in [0, 0.1) is 0 Å². The molecular formula is C31H45N5O2. The predicted octanol–water partition coefficient (Wildman–Crippen LogP) is 4.86. The third-order valence-corrected chi connectivity index (χ3v) is 8.58. The first-order chi connectivity index (χ1) is 18.7. The first-order valence-electron chi connectivity index (χ1n) is 14.6. The van der Waals surface area contributed by atoms with Gasteiger partial charge in [0.05, 0.1) is 24.9 Å². The molecule has 3 fully saturated rings. The fraction of sp³-hybridized carbons (Fsp3) is 0.613. The van der Waals surface area contributed by atoms with E-state index in [1.54, 1.807) is 7.11 Å². The zero-order valence-corrected chi connectivity index (χ0v) is 23.0. The number of methoxy groups -OCH3 is 2. The van der Waals surface area contributed by atoms with E-state index in [2.05, 4.69) is 45.4 Å². The molecule has 7 nitrogen and oxygen atoms in total. The minimum absolute atomic E-state index is 0.0895. The summed E-state index contributed by atoms with van der Waals surface area (Å²) in [6.45, 7) is 0. The maximum absolute atomic E-state index is 5.52. The van der Waals surface area contributed by atoms with E-state index >= 15 is 0 Å². The van der Waals surface area contributed by atoms with Gasteiger partial charge in [-0.2, -0.15) is 0 Å². The molecule has 5 unspecified atom stereocenters. The van der Waals surface area contributed by atoms with Gasteiger partial charge >= 0.3 is 0 Å². The maximum Gasteiger partial charge on any atom is 0.119 e. The summed E-state index contributed by atoms with van der Waals surface area (Å²) in [5, 5.41) is 11.6. The number of nitrogens with one attached hydrogen (secondary N) is 3. The molecule has 0 spiro atoms. The summed E-state index contributed by atoms with van der Waals surface area (Å²) in [5.74, 6) is 0.846. The van der Waals surface area contributed by atoms with Crippen LogP contribution < -0.4 is 20.7 Å². The Morgan fingerprint density at radius 1 is 0.842 bits per heavy atom. The minimum atomic E-state index is 0.0895. The van der Waals surface area contributed by atoms with Crippen LogP contribution >= 0.6 is 0 Å². The van der Waals surface area contributed by atoms with Crippen LogP contribution in [0.15, 0.2) is 58.2 Å². The Labute approximate surface area is 228 Å². The summed E-state index contributed by atoms with van der Waals surface area (Å²) in [4.78, 5) is 9.66. The van der Waals surface area contributed by atoms with Gasteiger partial charge < -0.3 is 25.4 Å². The quantitative estimate of drug-likeness (QED) is 0.428. The van der Waals surface area contributed by atoms with Gasteiger partial charge in [-0.1, -0.05) is 12.2 Å². The van der Waals surface area contributed by atoms with Gasteiger partial charge in [0.1, 0.15) is 5.75 Å². The smallest absolute Gasteiger partial charge is 0.119 e. The number of allylic oxidation sites excluding steroid dienone is 2. The van der Waals surface area contributed by atoms with Gasteiger partial charge in [-0.25, -0.2) is 0 Å². The van der Waals surface area contributed by atoms with Crippen molar-refractivity contribution in [3.63, 3.8) is 0 Å². The monoisotopic (exact) mass is 519 g/mol. The van der Waals surface area contributed by atoms with E-state index < -0.39 is 0 Å². The van der Waals surface area contributed by atoms with Gasteiger partial charge in [0.2, 0.25) is 0 Å². The molecule has 7 heteroatoms. The van der Waals surface area contributed by atoms with E-state index in [4.69, 9.17) is 14.5 Å². The molecule has 1 aromatic rings. The third-order valence-electron chi connectivity index (χ3n) is 8.58. The second-order valence-electron chi connectivity index (χ2n) is 11.2. The highest BCUT2D eigenvalue weighted by molar-refractivity contribution is 5.72. The summed E-state index contributed by atoms with van der Waals surface area (Å²) in [7, 11) is 3.51. The number of hydrogen-bond acceptors (Lipinski definition) is 7. The van der Waals surface area contributed by atoms with Crippen molar-refractivity contribution in [3.8, 4) is 5.75 Å². The number of rotatable bonds is 8. The summed E-state index contributed by atoms with van der Waals surface area (Å²) in [5.41, 5.74) is 2.20. The Bertz CT molecular complexity index is 996. The number of hydrogen-bond donors (Lipinski definition) is 3. The van der Waals surface area contributed by atoms with Gasteiger partial charge in [-0.3, -0.25) is 9.98 Å². The molecule has 1 aromatic carbocycles. The van der Waals surface area contributed by atoms with E-state index in [0.717, 1.165) is 43.5 Å². The molecule has 3 N–H and O–H groups in total. The second-order valence-corrected chi connectivity index (χ2v) is 11.2. The van der Waals surface area contributed by atoms with Gasteiger partial charge in [0.15, 0.2) is 0 Å². The first kappa shape index (κ1) is 27.1. The van der Waals surface area contributed by atoms with Crippen molar-refractivity contribution in [2.75, 3.05) is 14.2 Å². The number of ether oxygens (including phenoxy) is 2. The van der Waals surface area contributed by atoms with E-state index in [1.807, 2.05) is 37.6 Å². The lowest BCUT2D eigenvalue weighted by molar-refractivity contribution is 0.0667.